The first-order chi connectivity index (χ1) is 8.78. The van der Waals surface area contributed by atoms with Crippen LogP contribution in [0.1, 0.15) is 20.8 Å². The molecule has 0 saturated heterocycles. The number of amides is 1. The third-order valence-corrected chi connectivity index (χ3v) is 2.41. The number of hydrogen-bond acceptors (Lipinski definition) is 4. The number of nitrogens with one attached hydrogen (secondary N) is 2. The summed E-state index contributed by atoms with van der Waals surface area (Å²) in [5.74, 6) is 0. The Morgan fingerprint density at radius 2 is 2.05 bits per heavy atom. The van der Waals surface area contributed by atoms with Crippen LogP contribution in [0.5, 0.6) is 0 Å². The van der Waals surface area contributed by atoms with Gasteiger partial charge in [-0.15, -0.1) is 0 Å². The molecule has 5 nitrogen and oxygen atoms in total. The maximum absolute atomic E-state index is 11.4. The van der Waals surface area contributed by atoms with Gasteiger partial charge in [0.1, 0.15) is 5.60 Å². The third kappa shape index (κ3) is 6.20. The van der Waals surface area contributed by atoms with E-state index in [4.69, 9.17) is 22.1 Å². The zero-order valence-corrected chi connectivity index (χ0v) is 12.2. The Bertz CT molecular complexity index is 444. The van der Waals surface area contributed by atoms with Gasteiger partial charge in [0.05, 0.1) is 10.7 Å². The molecule has 1 amide bonds. The van der Waals surface area contributed by atoms with Crippen LogP contribution < -0.4 is 16.4 Å². The summed E-state index contributed by atoms with van der Waals surface area (Å²) in [5.41, 5.74) is 6.50. The minimum Gasteiger partial charge on any atom is -0.444 e. The second kappa shape index (κ2) is 6.52. The van der Waals surface area contributed by atoms with Gasteiger partial charge in [0.25, 0.3) is 0 Å². The lowest BCUT2D eigenvalue weighted by molar-refractivity contribution is 0.0530. The zero-order valence-electron chi connectivity index (χ0n) is 11.4. The first-order valence-corrected chi connectivity index (χ1v) is 6.41. The first-order valence-electron chi connectivity index (χ1n) is 6.04. The first kappa shape index (κ1) is 15.4. The fourth-order valence-corrected chi connectivity index (χ4v) is 1.61. The molecule has 0 atom stereocenters. The quantitative estimate of drug-likeness (QED) is 0.587. The van der Waals surface area contributed by atoms with Crippen LogP contribution in [-0.4, -0.2) is 24.8 Å². The molecule has 19 heavy (non-hydrogen) atoms. The fourth-order valence-electron chi connectivity index (χ4n) is 1.35. The van der Waals surface area contributed by atoms with Crippen molar-refractivity contribution < 1.29 is 9.53 Å². The molecule has 6 heteroatoms. The van der Waals surface area contributed by atoms with Crippen molar-refractivity contribution in [2.24, 2.45) is 0 Å². The van der Waals surface area contributed by atoms with E-state index >= 15 is 0 Å². The molecule has 0 heterocycles. The molecule has 106 valence electrons. The molecule has 0 aliphatic heterocycles. The van der Waals surface area contributed by atoms with Gasteiger partial charge in [-0.05, 0) is 39.0 Å². The van der Waals surface area contributed by atoms with E-state index in [9.17, 15) is 4.79 Å². The summed E-state index contributed by atoms with van der Waals surface area (Å²) in [5, 5.41) is 6.30. The van der Waals surface area contributed by atoms with Crippen LogP contribution in [0.3, 0.4) is 0 Å². The smallest absolute Gasteiger partial charge is 0.407 e. The number of carbonyl (C=O) groups is 1. The fraction of sp³-hybridized carbons (Fsp3) is 0.462. The number of ether oxygens (including phenoxy) is 1. The molecule has 1 aromatic carbocycles. The van der Waals surface area contributed by atoms with Crippen molar-refractivity contribution in [1.29, 1.82) is 0 Å². The van der Waals surface area contributed by atoms with Crippen LogP contribution in [-0.2, 0) is 4.74 Å². The van der Waals surface area contributed by atoms with Crippen molar-refractivity contribution in [2.75, 3.05) is 24.1 Å². The van der Waals surface area contributed by atoms with Gasteiger partial charge >= 0.3 is 6.09 Å². The van der Waals surface area contributed by atoms with Gasteiger partial charge in [0.15, 0.2) is 0 Å². The molecule has 0 bridgehead atoms. The Hall–Kier alpha value is -1.62. The molecule has 0 spiro atoms. The van der Waals surface area contributed by atoms with Crippen molar-refractivity contribution in [2.45, 2.75) is 26.4 Å². The number of nitrogens with two attached hydrogens (primary N) is 1. The van der Waals surface area contributed by atoms with Crippen LogP contribution in [0, 0.1) is 0 Å². The van der Waals surface area contributed by atoms with Crippen LogP contribution >= 0.6 is 11.6 Å². The number of alkyl carbamates (subject to hydrolysis) is 1. The second-order valence-corrected chi connectivity index (χ2v) is 5.50. The molecule has 4 N–H and O–H groups in total. The molecule has 0 saturated carbocycles. The number of halogens is 1. The minimum atomic E-state index is -0.488. The third-order valence-electron chi connectivity index (χ3n) is 2.10. The zero-order chi connectivity index (χ0) is 14.5. The van der Waals surface area contributed by atoms with E-state index in [1.54, 1.807) is 18.2 Å². The minimum absolute atomic E-state index is 0.433. The molecular formula is C13H20ClN3O2. The van der Waals surface area contributed by atoms with Gasteiger partial charge in [-0.3, -0.25) is 0 Å². The van der Waals surface area contributed by atoms with Crippen LogP contribution in [0.4, 0.5) is 16.2 Å². The summed E-state index contributed by atoms with van der Waals surface area (Å²) in [4.78, 5) is 11.4. The van der Waals surface area contributed by atoms with E-state index in [0.29, 0.717) is 23.8 Å². The molecule has 0 aromatic heterocycles. The van der Waals surface area contributed by atoms with Crippen molar-refractivity contribution >= 4 is 29.1 Å². The van der Waals surface area contributed by atoms with E-state index in [1.807, 2.05) is 20.8 Å². The number of anilines is 2. The summed E-state index contributed by atoms with van der Waals surface area (Å²) in [7, 11) is 0. The normalized spacial score (nSPS) is 10.9. The van der Waals surface area contributed by atoms with E-state index in [2.05, 4.69) is 10.6 Å². The van der Waals surface area contributed by atoms with Gasteiger partial charge < -0.3 is 21.1 Å². The maximum atomic E-state index is 11.4. The Labute approximate surface area is 118 Å². The van der Waals surface area contributed by atoms with E-state index < -0.39 is 11.7 Å². The van der Waals surface area contributed by atoms with Crippen LogP contribution in [0.15, 0.2) is 18.2 Å². The predicted molar refractivity (Wildman–Crippen MR) is 78.6 cm³/mol. The predicted octanol–water partition coefficient (Wildman–Crippen LogP) is 2.86. The topological polar surface area (TPSA) is 76.4 Å². The SMILES string of the molecule is CC(C)(C)OC(=O)NCCNc1ccc(N)cc1Cl. The monoisotopic (exact) mass is 285 g/mol. The maximum Gasteiger partial charge on any atom is 0.407 e. The van der Waals surface area contributed by atoms with Gasteiger partial charge in [-0.1, -0.05) is 11.6 Å². The van der Waals surface area contributed by atoms with Gasteiger partial charge in [0.2, 0.25) is 0 Å². The number of nitrogen functional groups attached to an aromatic ring is 1. The van der Waals surface area contributed by atoms with Crippen LogP contribution in [0.25, 0.3) is 0 Å². The van der Waals surface area contributed by atoms with Gasteiger partial charge in [-0.25, -0.2) is 4.79 Å². The summed E-state index contributed by atoms with van der Waals surface area (Å²) in [6.45, 7) is 6.44. The molecule has 0 aliphatic rings. The Morgan fingerprint density at radius 1 is 1.37 bits per heavy atom. The highest BCUT2D eigenvalue weighted by molar-refractivity contribution is 6.33. The lowest BCUT2D eigenvalue weighted by Gasteiger charge is -2.19. The standard InChI is InChI=1S/C13H20ClN3O2/c1-13(2,3)19-12(18)17-7-6-16-11-5-4-9(15)8-10(11)14/h4-5,8,16H,6-7,15H2,1-3H3,(H,17,18). The molecule has 0 aliphatic carbocycles. The van der Waals surface area contributed by atoms with E-state index in [-0.39, 0.29) is 0 Å². The molecule has 0 unspecified atom stereocenters. The lowest BCUT2D eigenvalue weighted by Crippen LogP contribution is -2.35. The summed E-state index contributed by atoms with van der Waals surface area (Å²) >= 11 is 6.00. The Balaban J connectivity index is 2.29. The molecule has 0 radical (unpaired) electrons. The van der Waals surface area contributed by atoms with Gasteiger partial charge in [0, 0.05) is 18.8 Å². The Morgan fingerprint density at radius 3 is 2.63 bits per heavy atom. The number of rotatable bonds is 4. The highest BCUT2D eigenvalue weighted by Gasteiger charge is 2.15. The van der Waals surface area contributed by atoms with Crippen molar-refractivity contribution in [3.63, 3.8) is 0 Å². The summed E-state index contributed by atoms with van der Waals surface area (Å²) in [6.07, 6.45) is -0.433. The molecule has 0 fully saturated rings. The van der Waals surface area contributed by atoms with Crippen molar-refractivity contribution in [3.8, 4) is 0 Å². The lowest BCUT2D eigenvalue weighted by atomic mass is 10.2. The molecule has 1 aromatic rings. The average Bonchev–Trinajstić information content (AvgIpc) is 2.24. The molecule has 1 rings (SSSR count). The number of carbonyl (C=O) groups excluding carboxylic acids is 1. The van der Waals surface area contributed by atoms with E-state index in [0.717, 1.165) is 5.69 Å². The molecular weight excluding hydrogens is 266 g/mol. The van der Waals surface area contributed by atoms with Crippen molar-refractivity contribution in [3.05, 3.63) is 23.2 Å². The van der Waals surface area contributed by atoms with Gasteiger partial charge in [-0.2, -0.15) is 0 Å². The Kier molecular flexibility index (Phi) is 5.30. The largest absolute Gasteiger partial charge is 0.444 e. The number of benzene rings is 1. The van der Waals surface area contributed by atoms with Crippen molar-refractivity contribution in [1.82, 2.24) is 5.32 Å². The number of hydrogen-bond donors (Lipinski definition) is 3. The highest BCUT2D eigenvalue weighted by atomic mass is 35.5. The van der Waals surface area contributed by atoms with Crippen LogP contribution in [0.2, 0.25) is 5.02 Å². The summed E-state index contributed by atoms with van der Waals surface area (Å²) < 4.78 is 5.11. The second-order valence-electron chi connectivity index (χ2n) is 5.09. The van der Waals surface area contributed by atoms with E-state index in [1.165, 1.54) is 0 Å². The highest BCUT2D eigenvalue weighted by Crippen LogP contribution is 2.23. The average molecular weight is 286 g/mol. The summed E-state index contributed by atoms with van der Waals surface area (Å²) in [6, 6.07) is 5.23.